The highest BCUT2D eigenvalue weighted by Gasteiger charge is 2.17. The summed E-state index contributed by atoms with van der Waals surface area (Å²) in [5, 5.41) is 0. The maximum Gasteiger partial charge on any atom is 0.229 e. The number of hydrogen-bond acceptors (Lipinski definition) is 3. The van der Waals surface area contributed by atoms with E-state index in [1.54, 1.807) is 23.5 Å². The van der Waals surface area contributed by atoms with Crippen LogP contribution in [0.4, 0.5) is 0 Å². The molecule has 2 aromatic heterocycles. The Bertz CT molecular complexity index is 510. The lowest BCUT2D eigenvalue weighted by Crippen LogP contribution is -1.99. The van der Waals surface area contributed by atoms with Crippen LogP contribution in [0.5, 0.6) is 0 Å². The predicted molar refractivity (Wildman–Crippen MR) is 63.6 cm³/mol. The molecule has 0 N–H and O–H groups in total. The predicted octanol–water partition coefficient (Wildman–Crippen LogP) is 3.95. The SMILES string of the molecule is Cc1cc(C(=O)c2ccc(Br)o2)c(C)s1. The van der Waals surface area contributed by atoms with Gasteiger partial charge in [0.2, 0.25) is 5.78 Å². The van der Waals surface area contributed by atoms with Crippen molar-refractivity contribution in [2.75, 3.05) is 0 Å². The van der Waals surface area contributed by atoms with Gasteiger partial charge in [-0.05, 0) is 48.0 Å². The minimum atomic E-state index is -0.0532. The van der Waals surface area contributed by atoms with Crippen LogP contribution in [0.2, 0.25) is 0 Å². The first-order valence-electron chi connectivity index (χ1n) is 4.45. The Labute approximate surface area is 100 Å². The van der Waals surface area contributed by atoms with Crippen LogP contribution in [0.3, 0.4) is 0 Å². The van der Waals surface area contributed by atoms with Gasteiger partial charge in [-0.2, -0.15) is 0 Å². The highest BCUT2D eigenvalue weighted by atomic mass is 79.9. The standard InChI is InChI=1S/C11H9BrO2S/c1-6-5-8(7(2)15-6)11(13)9-3-4-10(12)14-9/h3-5H,1-2H3. The number of carbonyl (C=O) groups is 1. The van der Waals surface area contributed by atoms with Gasteiger partial charge in [0, 0.05) is 15.3 Å². The van der Waals surface area contributed by atoms with Crippen molar-refractivity contribution >= 4 is 33.0 Å². The number of carbonyl (C=O) groups excluding carboxylic acids is 1. The monoisotopic (exact) mass is 284 g/mol. The Morgan fingerprint density at radius 3 is 2.60 bits per heavy atom. The lowest BCUT2D eigenvalue weighted by molar-refractivity contribution is 0.101. The third-order valence-corrected chi connectivity index (χ3v) is 3.47. The van der Waals surface area contributed by atoms with E-state index >= 15 is 0 Å². The summed E-state index contributed by atoms with van der Waals surface area (Å²) >= 11 is 4.81. The van der Waals surface area contributed by atoms with Crippen molar-refractivity contribution in [2.24, 2.45) is 0 Å². The van der Waals surface area contributed by atoms with Crippen LogP contribution in [-0.2, 0) is 0 Å². The number of thiophene rings is 1. The van der Waals surface area contributed by atoms with E-state index in [0.29, 0.717) is 10.4 Å². The van der Waals surface area contributed by atoms with Gasteiger partial charge in [-0.25, -0.2) is 0 Å². The van der Waals surface area contributed by atoms with E-state index in [2.05, 4.69) is 15.9 Å². The van der Waals surface area contributed by atoms with Crippen molar-refractivity contribution in [1.82, 2.24) is 0 Å². The van der Waals surface area contributed by atoms with E-state index < -0.39 is 0 Å². The molecule has 0 amide bonds. The quantitative estimate of drug-likeness (QED) is 0.782. The van der Waals surface area contributed by atoms with Crippen molar-refractivity contribution < 1.29 is 9.21 Å². The molecular weight excluding hydrogens is 276 g/mol. The van der Waals surface area contributed by atoms with E-state index in [9.17, 15) is 4.79 Å². The first-order chi connectivity index (χ1) is 7.08. The molecule has 0 radical (unpaired) electrons. The molecule has 0 saturated heterocycles. The second-order valence-corrected chi connectivity index (χ2v) is 5.50. The highest BCUT2D eigenvalue weighted by Crippen LogP contribution is 2.24. The number of aryl methyl sites for hydroxylation is 2. The number of hydrogen-bond donors (Lipinski definition) is 0. The van der Waals surface area contributed by atoms with Crippen molar-refractivity contribution in [3.63, 3.8) is 0 Å². The molecular formula is C11H9BrO2S. The lowest BCUT2D eigenvalue weighted by atomic mass is 10.1. The highest BCUT2D eigenvalue weighted by molar-refractivity contribution is 9.10. The van der Waals surface area contributed by atoms with Crippen LogP contribution in [0, 0.1) is 13.8 Å². The molecule has 0 aliphatic carbocycles. The normalized spacial score (nSPS) is 10.6. The van der Waals surface area contributed by atoms with Gasteiger partial charge >= 0.3 is 0 Å². The third kappa shape index (κ3) is 2.06. The average molecular weight is 285 g/mol. The molecule has 2 heterocycles. The van der Waals surface area contributed by atoms with Crippen molar-refractivity contribution in [3.05, 3.63) is 43.9 Å². The maximum atomic E-state index is 12.0. The number of furan rings is 1. The molecule has 0 atom stereocenters. The van der Waals surface area contributed by atoms with Crippen LogP contribution in [0.15, 0.2) is 27.3 Å². The topological polar surface area (TPSA) is 30.2 Å². The fourth-order valence-corrected chi connectivity index (χ4v) is 2.65. The van der Waals surface area contributed by atoms with Crippen molar-refractivity contribution in [3.8, 4) is 0 Å². The summed E-state index contributed by atoms with van der Waals surface area (Å²) in [6.45, 7) is 3.94. The van der Waals surface area contributed by atoms with E-state index in [-0.39, 0.29) is 5.78 Å². The summed E-state index contributed by atoms with van der Waals surface area (Å²) in [5.41, 5.74) is 0.736. The Balaban J connectivity index is 2.40. The molecule has 2 rings (SSSR count). The summed E-state index contributed by atoms with van der Waals surface area (Å²) in [6, 6.07) is 5.30. The zero-order chi connectivity index (χ0) is 11.0. The molecule has 0 fully saturated rings. The van der Waals surface area contributed by atoms with E-state index in [1.807, 2.05) is 19.9 Å². The summed E-state index contributed by atoms with van der Waals surface area (Å²) < 4.78 is 5.81. The Morgan fingerprint density at radius 1 is 1.40 bits per heavy atom. The van der Waals surface area contributed by atoms with E-state index in [1.165, 1.54) is 0 Å². The second-order valence-electron chi connectivity index (χ2n) is 3.26. The molecule has 2 aromatic rings. The number of halogens is 1. The first-order valence-corrected chi connectivity index (χ1v) is 6.06. The van der Waals surface area contributed by atoms with Crippen molar-refractivity contribution in [1.29, 1.82) is 0 Å². The van der Waals surface area contributed by atoms with E-state index in [4.69, 9.17) is 4.42 Å². The van der Waals surface area contributed by atoms with Gasteiger partial charge < -0.3 is 4.42 Å². The van der Waals surface area contributed by atoms with Crippen LogP contribution in [-0.4, -0.2) is 5.78 Å². The zero-order valence-corrected chi connectivity index (χ0v) is 10.7. The lowest BCUT2D eigenvalue weighted by Gasteiger charge is -1.94. The van der Waals surface area contributed by atoms with E-state index in [0.717, 1.165) is 15.3 Å². The van der Waals surface area contributed by atoms with Crippen LogP contribution in [0.25, 0.3) is 0 Å². The molecule has 78 valence electrons. The van der Waals surface area contributed by atoms with Crippen LogP contribution >= 0.6 is 27.3 Å². The number of rotatable bonds is 2. The van der Waals surface area contributed by atoms with Gasteiger partial charge in [0.15, 0.2) is 10.4 Å². The van der Waals surface area contributed by atoms with Gasteiger partial charge in [0.1, 0.15) is 0 Å². The van der Waals surface area contributed by atoms with Gasteiger partial charge in [0.25, 0.3) is 0 Å². The molecule has 0 bridgehead atoms. The molecule has 0 aromatic carbocycles. The van der Waals surface area contributed by atoms with Gasteiger partial charge in [0.05, 0.1) is 0 Å². The Morgan fingerprint density at radius 2 is 2.13 bits per heavy atom. The maximum absolute atomic E-state index is 12.0. The molecule has 4 heteroatoms. The van der Waals surface area contributed by atoms with Crippen LogP contribution < -0.4 is 0 Å². The minimum absolute atomic E-state index is 0.0532. The van der Waals surface area contributed by atoms with Gasteiger partial charge in [-0.15, -0.1) is 11.3 Å². The fourth-order valence-electron chi connectivity index (χ4n) is 1.43. The molecule has 0 aliphatic rings. The molecule has 0 unspecified atom stereocenters. The largest absolute Gasteiger partial charge is 0.446 e. The molecule has 0 saturated carbocycles. The van der Waals surface area contributed by atoms with Crippen LogP contribution in [0.1, 0.15) is 25.9 Å². The van der Waals surface area contributed by atoms with Gasteiger partial charge in [-0.1, -0.05) is 0 Å². The second kappa shape index (κ2) is 3.94. The summed E-state index contributed by atoms with van der Waals surface area (Å²) in [6.07, 6.45) is 0. The van der Waals surface area contributed by atoms with Crippen molar-refractivity contribution in [2.45, 2.75) is 13.8 Å². The average Bonchev–Trinajstić information content (AvgIpc) is 2.71. The third-order valence-electron chi connectivity index (χ3n) is 2.08. The first kappa shape index (κ1) is 10.6. The molecule has 2 nitrogen and oxygen atoms in total. The summed E-state index contributed by atoms with van der Waals surface area (Å²) in [4.78, 5) is 14.2. The molecule has 15 heavy (non-hydrogen) atoms. The summed E-state index contributed by atoms with van der Waals surface area (Å²) in [5.74, 6) is 0.324. The zero-order valence-electron chi connectivity index (χ0n) is 8.33. The smallest absolute Gasteiger partial charge is 0.229 e. The Kier molecular flexibility index (Phi) is 2.80. The molecule has 0 aliphatic heterocycles. The fraction of sp³-hybridized carbons (Fsp3) is 0.182. The molecule has 0 spiro atoms. The Hall–Kier alpha value is -0.870. The number of ketones is 1. The minimum Gasteiger partial charge on any atom is -0.446 e. The summed E-state index contributed by atoms with van der Waals surface area (Å²) in [7, 11) is 0. The van der Waals surface area contributed by atoms with Gasteiger partial charge in [-0.3, -0.25) is 4.79 Å².